The second kappa shape index (κ2) is 7.26. The van der Waals surface area contributed by atoms with E-state index in [2.05, 4.69) is 24.0 Å². The predicted molar refractivity (Wildman–Crippen MR) is 128 cm³/mol. The summed E-state index contributed by atoms with van der Waals surface area (Å²) >= 11 is 0. The zero-order valence-electron chi connectivity index (χ0n) is 19.1. The number of rotatable bonds is 4. The molecular formula is C27H26FN3O3. The van der Waals surface area contributed by atoms with Gasteiger partial charge in [-0.3, -0.25) is 14.7 Å². The fourth-order valence-corrected chi connectivity index (χ4v) is 6.34. The highest BCUT2D eigenvalue weighted by atomic mass is 19.1. The molecule has 2 fully saturated rings. The Morgan fingerprint density at radius 3 is 2.50 bits per heavy atom. The number of carboxylic acids is 1. The number of nitrogens with zero attached hydrogens (tertiary/aromatic N) is 2. The maximum absolute atomic E-state index is 14.0. The van der Waals surface area contributed by atoms with Crippen LogP contribution in [0.3, 0.4) is 0 Å². The first-order chi connectivity index (χ1) is 16.3. The Morgan fingerprint density at radius 1 is 1.15 bits per heavy atom. The monoisotopic (exact) mass is 459 g/mol. The molecule has 0 radical (unpaired) electrons. The van der Waals surface area contributed by atoms with E-state index in [0.717, 1.165) is 46.0 Å². The van der Waals surface area contributed by atoms with Crippen molar-refractivity contribution in [2.24, 2.45) is 11.3 Å². The van der Waals surface area contributed by atoms with Crippen molar-refractivity contribution in [2.45, 2.75) is 51.5 Å². The zero-order chi connectivity index (χ0) is 23.8. The summed E-state index contributed by atoms with van der Waals surface area (Å²) < 4.78 is 15.7. The largest absolute Gasteiger partial charge is 0.481 e. The summed E-state index contributed by atoms with van der Waals surface area (Å²) in [6.07, 6.45) is 4.76. The number of aromatic nitrogens is 3. The molecule has 174 valence electrons. The Kier molecular flexibility index (Phi) is 4.50. The fraction of sp³-hybridized carbons (Fsp3) is 0.370. The molecule has 0 atom stereocenters. The van der Waals surface area contributed by atoms with E-state index >= 15 is 0 Å². The molecule has 0 unspecified atom stereocenters. The van der Waals surface area contributed by atoms with Gasteiger partial charge < -0.3 is 9.67 Å². The van der Waals surface area contributed by atoms with E-state index in [1.807, 2.05) is 16.7 Å². The highest BCUT2D eigenvalue weighted by molar-refractivity contribution is 6.04. The van der Waals surface area contributed by atoms with Gasteiger partial charge in [-0.05, 0) is 72.2 Å². The summed E-state index contributed by atoms with van der Waals surface area (Å²) in [5, 5.41) is 18.8. The summed E-state index contributed by atoms with van der Waals surface area (Å²) in [5.74, 6) is -1.23. The number of benzene rings is 2. The molecule has 0 amide bonds. The molecule has 2 heterocycles. The highest BCUT2D eigenvalue weighted by Crippen LogP contribution is 2.63. The lowest BCUT2D eigenvalue weighted by Gasteiger charge is -2.57. The third kappa shape index (κ3) is 3.02. The summed E-state index contributed by atoms with van der Waals surface area (Å²) in [6, 6.07) is 10.3. The first kappa shape index (κ1) is 21.1. The van der Waals surface area contributed by atoms with Crippen molar-refractivity contribution in [1.82, 2.24) is 14.8 Å². The minimum absolute atomic E-state index is 0.0284. The van der Waals surface area contributed by atoms with Crippen LogP contribution in [0.25, 0.3) is 32.8 Å². The molecular weight excluding hydrogens is 433 g/mol. The third-order valence-corrected chi connectivity index (χ3v) is 7.90. The second-order valence-corrected chi connectivity index (χ2v) is 10.5. The minimum atomic E-state index is -0.720. The Bertz CT molecular complexity index is 1500. The van der Waals surface area contributed by atoms with Crippen LogP contribution in [0.1, 0.15) is 57.2 Å². The van der Waals surface area contributed by atoms with Crippen LogP contribution in [0.15, 0.2) is 47.4 Å². The van der Waals surface area contributed by atoms with E-state index < -0.39 is 5.97 Å². The topological polar surface area (TPSA) is 88.0 Å². The SMILES string of the molecule is CC(C)c1c(-c2ccc(F)cc2)c2cc3cn[nH]c3cc2c(=O)n1C1CC2(CC(C(=O)O)C2)C1. The number of halogens is 1. The van der Waals surface area contributed by atoms with Gasteiger partial charge in [-0.25, -0.2) is 4.39 Å². The Morgan fingerprint density at radius 2 is 1.85 bits per heavy atom. The summed E-state index contributed by atoms with van der Waals surface area (Å²) in [4.78, 5) is 25.3. The minimum Gasteiger partial charge on any atom is -0.481 e. The molecule has 34 heavy (non-hydrogen) atoms. The van der Waals surface area contributed by atoms with E-state index in [-0.39, 0.29) is 34.7 Å². The Hall–Kier alpha value is -3.48. The van der Waals surface area contributed by atoms with E-state index in [0.29, 0.717) is 18.2 Å². The van der Waals surface area contributed by atoms with E-state index in [1.54, 1.807) is 18.3 Å². The van der Waals surface area contributed by atoms with Crippen molar-refractivity contribution in [3.63, 3.8) is 0 Å². The van der Waals surface area contributed by atoms with E-state index in [4.69, 9.17) is 0 Å². The molecule has 2 aliphatic carbocycles. The first-order valence-electron chi connectivity index (χ1n) is 11.8. The molecule has 0 aliphatic heterocycles. The van der Waals surface area contributed by atoms with Crippen LogP contribution < -0.4 is 5.56 Å². The van der Waals surface area contributed by atoms with Crippen molar-refractivity contribution in [3.05, 3.63) is 64.5 Å². The highest BCUT2D eigenvalue weighted by Gasteiger charge is 2.56. The predicted octanol–water partition coefficient (Wildman–Crippen LogP) is 5.62. The van der Waals surface area contributed by atoms with Gasteiger partial charge in [-0.15, -0.1) is 0 Å². The zero-order valence-corrected chi connectivity index (χ0v) is 19.1. The standard InChI is InChI=1S/C27H26FN3O3/c1-14(2)24-23(15-3-5-18(28)6-4-15)20-7-16-13-29-30-22(16)8-21(20)25(32)31(24)19-11-27(12-19)9-17(10-27)26(33)34/h3-8,13-14,17,19H,9-12H2,1-2H3,(H,29,30)(H,33,34). The quantitative estimate of drug-likeness (QED) is 0.414. The maximum atomic E-state index is 14.0. The molecule has 2 saturated carbocycles. The first-order valence-corrected chi connectivity index (χ1v) is 11.8. The molecule has 2 aliphatic rings. The number of fused-ring (bicyclic) bond motifs is 2. The molecule has 7 heteroatoms. The number of aliphatic carboxylic acids is 1. The van der Waals surface area contributed by atoms with Gasteiger partial charge in [0.15, 0.2) is 0 Å². The van der Waals surface area contributed by atoms with E-state index in [1.165, 1.54) is 12.1 Å². The van der Waals surface area contributed by atoms with Gasteiger partial charge in [0.25, 0.3) is 5.56 Å². The molecule has 1 spiro atoms. The number of nitrogens with one attached hydrogen (secondary N) is 1. The molecule has 2 aromatic heterocycles. The van der Waals surface area contributed by atoms with Gasteiger partial charge in [-0.2, -0.15) is 5.10 Å². The van der Waals surface area contributed by atoms with Crippen LogP contribution in [-0.4, -0.2) is 25.8 Å². The van der Waals surface area contributed by atoms with Crippen LogP contribution in [0.4, 0.5) is 4.39 Å². The van der Waals surface area contributed by atoms with Crippen LogP contribution >= 0.6 is 0 Å². The van der Waals surface area contributed by atoms with Gasteiger partial charge in [0.1, 0.15) is 5.82 Å². The molecule has 6 nitrogen and oxygen atoms in total. The number of hydrogen-bond acceptors (Lipinski definition) is 3. The number of H-pyrrole nitrogens is 1. The maximum Gasteiger partial charge on any atom is 0.306 e. The van der Waals surface area contributed by atoms with Gasteiger partial charge >= 0.3 is 5.97 Å². The molecule has 2 aromatic carbocycles. The van der Waals surface area contributed by atoms with Gasteiger partial charge in [0.2, 0.25) is 0 Å². The van der Waals surface area contributed by atoms with Crippen LogP contribution in [0.2, 0.25) is 0 Å². The van der Waals surface area contributed by atoms with Gasteiger partial charge in [0, 0.05) is 28.1 Å². The summed E-state index contributed by atoms with van der Waals surface area (Å²) in [5.41, 5.74) is 3.57. The van der Waals surface area contributed by atoms with Crippen molar-refractivity contribution in [2.75, 3.05) is 0 Å². The lowest BCUT2D eigenvalue weighted by Crippen LogP contribution is -2.52. The second-order valence-electron chi connectivity index (χ2n) is 10.5. The number of pyridine rings is 1. The van der Waals surface area contributed by atoms with Gasteiger partial charge in [0.05, 0.1) is 17.6 Å². The molecule has 0 saturated heterocycles. The number of carboxylic acid groups (broad SMARTS) is 1. The lowest BCUT2D eigenvalue weighted by atomic mass is 9.50. The molecule has 4 aromatic rings. The smallest absolute Gasteiger partial charge is 0.306 e. The normalized spacial score (nSPS) is 24.0. The Balaban J connectivity index is 1.57. The van der Waals surface area contributed by atoms with Crippen molar-refractivity contribution < 1.29 is 14.3 Å². The average molecular weight is 460 g/mol. The summed E-state index contributed by atoms with van der Waals surface area (Å²) in [7, 11) is 0. The molecule has 6 rings (SSSR count). The number of hydrogen-bond donors (Lipinski definition) is 2. The van der Waals surface area contributed by atoms with Crippen LogP contribution in [0, 0.1) is 17.2 Å². The Labute approximate surface area is 195 Å². The summed E-state index contributed by atoms with van der Waals surface area (Å²) in [6.45, 7) is 4.16. The van der Waals surface area contributed by atoms with Crippen molar-refractivity contribution >= 4 is 27.6 Å². The fourth-order valence-electron chi connectivity index (χ4n) is 6.34. The van der Waals surface area contributed by atoms with E-state index in [9.17, 15) is 19.1 Å². The molecule has 0 bridgehead atoms. The molecule has 2 N–H and O–H groups in total. The number of carbonyl (C=O) groups is 1. The van der Waals surface area contributed by atoms with Crippen molar-refractivity contribution in [3.8, 4) is 11.1 Å². The number of aromatic amines is 1. The van der Waals surface area contributed by atoms with Crippen molar-refractivity contribution in [1.29, 1.82) is 0 Å². The lowest BCUT2D eigenvalue weighted by molar-refractivity contribution is -0.157. The third-order valence-electron chi connectivity index (χ3n) is 7.90. The van der Waals surface area contributed by atoms with Crippen LogP contribution in [-0.2, 0) is 4.79 Å². The van der Waals surface area contributed by atoms with Crippen LogP contribution in [0.5, 0.6) is 0 Å². The van der Waals surface area contributed by atoms with Gasteiger partial charge in [-0.1, -0.05) is 26.0 Å². The average Bonchev–Trinajstić information content (AvgIpc) is 3.19.